The smallest absolute Gasteiger partial charge is 0.237 e. The second-order valence-corrected chi connectivity index (χ2v) is 8.95. The van der Waals surface area contributed by atoms with Gasteiger partial charge in [0.05, 0.1) is 24.6 Å². The molecule has 7 nitrogen and oxygen atoms in total. The number of ether oxygens (including phenoxy) is 1. The zero-order valence-electron chi connectivity index (χ0n) is 18.1. The number of nitrogens with zero attached hydrogens (tertiary/aromatic N) is 4. The number of hydrogen-bond acceptors (Lipinski definition) is 6. The Morgan fingerprint density at radius 1 is 1.12 bits per heavy atom. The first-order valence-electron chi connectivity index (χ1n) is 10.2. The van der Waals surface area contributed by atoms with Crippen molar-refractivity contribution in [1.29, 1.82) is 0 Å². The van der Waals surface area contributed by atoms with Crippen LogP contribution in [0.2, 0.25) is 5.02 Å². The summed E-state index contributed by atoms with van der Waals surface area (Å²) in [5.74, 6) is 1.06. The molecule has 0 aliphatic heterocycles. The number of nitrogens with one attached hydrogen (secondary N) is 1. The zero-order chi connectivity index (χ0) is 23.2. The molecule has 1 N–H and O–H groups in total. The summed E-state index contributed by atoms with van der Waals surface area (Å²) >= 11 is 7.43. The molecular weight excluding hydrogens is 458 g/mol. The van der Waals surface area contributed by atoms with Gasteiger partial charge in [0.15, 0.2) is 11.0 Å². The highest BCUT2D eigenvalue weighted by Gasteiger charge is 2.22. The van der Waals surface area contributed by atoms with Gasteiger partial charge >= 0.3 is 0 Å². The number of hydrogen-bond donors (Lipinski definition) is 1. The predicted octanol–water partition coefficient (Wildman–Crippen LogP) is 5.17. The molecule has 1 unspecified atom stereocenters. The standard InChI is InChI=1S/C24H22ClN5O2S/c1-16(23(31)27-20-14-19(25)8-9-21(20)32-2)33-24-29-28-22(18-10-12-26-13-11-18)30(24)15-17-6-4-3-5-7-17/h3-14,16H,15H2,1-2H3,(H,27,31). The van der Waals surface area contributed by atoms with E-state index in [1.165, 1.54) is 11.8 Å². The summed E-state index contributed by atoms with van der Waals surface area (Å²) in [5.41, 5.74) is 2.53. The number of aromatic nitrogens is 4. The van der Waals surface area contributed by atoms with E-state index in [-0.39, 0.29) is 5.91 Å². The molecule has 2 heterocycles. The summed E-state index contributed by atoms with van der Waals surface area (Å²) < 4.78 is 7.34. The SMILES string of the molecule is COc1ccc(Cl)cc1NC(=O)C(C)Sc1nnc(-c2ccncc2)n1Cc1ccccc1. The van der Waals surface area contributed by atoms with E-state index in [0.29, 0.717) is 34.0 Å². The van der Waals surface area contributed by atoms with E-state index in [2.05, 4.69) is 20.5 Å². The summed E-state index contributed by atoms with van der Waals surface area (Å²) in [6.45, 7) is 2.40. The van der Waals surface area contributed by atoms with E-state index < -0.39 is 5.25 Å². The van der Waals surface area contributed by atoms with Gasteiger partial charge < -0.3 is 10.1 Å². The molecule has 0 aliphatic rings. The van der Waals surface area contributed by atoms with Crippen LogP contribution < -0.4 is 10.1 Å². The highest BCUT2D eigenvalue weighted by molar-refractivity contribution is 8.00. The fourth-order valence-corrected chi connectivity index (χ4v) is 4.24. The van der Waals surface area contributed by atoms with Gasteiger partial charge in [-0.25, -0.2) is 0 Å². The number of halogens is 1. The Bertz CT molecular complexity index is 1230. The molecule has 2 aromatic heterocycles. The van der Waals surface area contributed by atoms with Crippen LogP contribution in [0.15, 0.2) is 78.2 Å². The van der Waals surface area contributed by atoms with Gasteiger partial charge in [0, 0.05) is 23.0 Å². The molecule has 33 heavy (non-hydrogen) atoms. The highest BCUT2D eigenvalue weighted by Crippen LogP contribution is 2.31. The molecule has 0 saturated heterocycles. The Labute approximate surface area is 201 Å². The maximum absolute atomic E-state index is 12.9. The van der Waals surface area contributed by atoms with Crippen LogP contribution in [0.5, 0.6) is 5.75 Å². The highest BCUT2D eigenvalue weighted by atomic mass is 35.5. The van der Waals surface area contributed by atoms with Gasteiger partial charge in [0.2, 0.25) is 5.91 Å². The van der Waals surface area contributed by atoms with Gasteiger partial charge in [-0.3, -0.25) is 14.3 Å². The van der Waals surface area contributed by atoms with Crippen molar-refractivity contribution in [3.63, 3.8) is 0 Å². The summed E-state index contributed by atoms with van der Waals surface area (Å²) in [5, 5.41) is 12.4. The lowest BCUT2D eigenvalue weighted by atomic mass is 10.2. The molecule has 0 fully saturated rings. The zero-order valence-corrected chi connectivity index (χ0v) is 19.7. The number of pyridine rings is 1. The van der Waals surface area contributed by atoms with Crippen molar-refractivity contribution in [1.82, 2.24) is 19.7 Å². The van der Waals surface area contributed by atoms with Gasteiger partial charge in [0.1, 0.15) is 5.75 Å². The van der Waals surface area contributed by atoms with Crippen LogP contribution in [0.25, 0.3) is 11.4 Å². The molecule has 4 aromatic rings. The van der Waals surface area contributed by atoms with Crippen LogP contribution >= 0.6 is 23.4 Å². The average Bonchev–Trinajstić information content (AvgIpc) is 3.22. The lowest BCUT2D eigenvalue weighted by molar-refractivity contribution is -0.115. The maximum Gasteiger partial charge on any atom is 0.237 e. The van der Waals surface area contributed by atoms with E-state index in [0.717, 1.165) is 11.1 Å². The van der Waals surface area contributed by atoms with E-state index in [1.807, 2.05) is 54.0 Å². The largest absolute Gasteiger partial charge is 0.495 e. The number of thioether (sulfide) groups is 1. The first kappa shape index (κ1) is 22.8. The van der Waals surface area contributed by atoms with Crippen molar-refractivity contribution in [3.05, 3.63) is 83.6 Å². The Morgan fingerprint density at radius 2 is 1.88 bits per heavy atom. The molecule has 4 rings (SSSR count). The lowest BCUT2D eigenvalue weighted by Crippen LogP contribution is -2.23. The Morgan fingerprint density at radius 3 is 2.61 bits per heavy atom. The Hall–Kier alpha value is -3.36. The van der Waals surface area contributed by atoms with Gasteiger partial charge in [-0.1, -0.05) is 53.7 Å². The third kappa shape index (κ3) is 5.53. The van der Waals surface area contributed by atoms with Gasteiger partial charge in [-0.15, -0.1) is 10.2 Å². The van der Waals surface area contributed by atoms with Crippen molar-refractivity contribution < 1.29 is 9.53 Å². The number of carbonyl (C=O) groups is 1. The fraction of sp³-hybridized carbons (Fsp3) is 0.167. The number of rotatable bonds is 8. The second-order valence-electron chi connectivity index (χ2n) is 7.21. The van der Waals surface area contributed by atoms with Crippen molar-refractivity contribution in [3.8, 4) is 17.1 Å². The van der Waals surface area contributed by atoms with Crippen molar-refractivity contribution in [2.24, 2.45) is 0 Å². The predicted molar refractivity (Wildman–Crippen MR) is 131 cm³/mol. The van der Waals surface area contributed by atoms with E-state index in [9.17, 15) is 4.79 Å². The number of carbonyl (C=O) groups excluding carboxylic acids is 1. The monoisotopic (exact) mass is 479 g/mol. The van der Waals surface area contributed by atoms with Crippen LogP contribution in [0.4, 0.5) is 5.69 Å². The molecule has 0 aliphatic carbocycles. The molecule has 0 spiro atoms. The van der Waals surface area contributed by atoms with Crippen molar-refractivity contribution >= 4 is 35.0 Å². The molecule has 0 radical (unpaired) electrons. The maximum atomic E-state index is 12.9. The minimum Gasteiger partial charge on any atom is -0.495 e. The molecule has 168 valence electrons. The fourth-order valence-electron chi connectivity index (χ4n) is 3.22. The summed E-state index contributed by atoms with van der Waals surface area (Å²) in [4.78, 5) is 17.0. The molecular formula is C24H22ClN5O2S. The lowest BCUT2D eigenvalue weighted by Gasteiger charge is -2.15. The van der Waals surface area contributed by atoms with Gasteiger partial charge in [0.25, 0.3) is 0 Å². The van der Waals surface area contributed by atoms with Crippen LogP contribution in [0, 0.1) is 0 Å². The minimum absolute atomic E-state index is 0.194. The third-order valence-electron chi connectivity index (χ3n) is 4.91. The van der Waals surface area contributed by atoms with E-state index >= 15 is 0 Å². The molecule has 9 heteroatoms. The number of benzene rings is 2. The van der Waals surface area contributed by atoms with Crippen LogP contribution in [0.3, 0.4) is 0 Å². The van der Waals surface area contributed by atoms with Crippen LogP contribution in [-0.4, -0.2) is 38.0 Å². The van der Waals surface area contributed by atoms with Crippen LogP contribution in [-0.2, 0) is 11.3 Å². The van der Waals surface area contributed by atoms with Gasteiger partial charge in [-0.2, -0.15) is 0 Å². The average molecular weight is 480 g/mol. The number of methoxy groups -OCH3 is 1. The number of amides is 1. The Balaban J connectivity index is 1.59. The molecule has 1 atom stereocenters. The summed E-state index contributed by atoms with van der Waals surface area (Å²) in [6, 6.07) is 18.9. The first-order chi connectivity index (χ1) is 16.0. The summed E-state index contributed by atoms with van der Waals surface area (Å²) in [7, 11) is 1.55. The summed E-state index contributed by atoms with van der Waals surface area (Å²) in [6.07, 6.45) is 3.44. The third-order valence-corrected chi connectivity index (χ3v) is 6.23. The van der Waals surface area contributed by atoms with Crippen molar-refractivity contribution in [2.45, 2.75) is 23.9 Å². The normalized spacial score (nSPS) is 11.7. The first-order valence-corrected chi connectivity index (χ1v) is 11.5. The van der Waals surface area contributed by atoms with Gasteiger partial charge in [-0.05, 0) is 42.8 Å². The van der Waals surface area contributed by atoms with E-state index in [1.54, 1.807) is 37.7 Å². The Kier molecular flexibility index (Phi) is 7.26. The minimum atomic E-state index is -0.447. The number of anilines is 1. The molecule has 0 saturated carbocycles. The molecule has 2 aromatic carbocycles. The van der Waals surface area contributed by atoms with E-state index in [4.69, 9.17) is 16.3 Å². The van der Waals surface area contributed by atoms with Crippen LogP contribution in [0.1, 0.15) is 12.5 Å². The van der Waals surface area contributed by atoms with Crippen molar-refractivity contribution in [2.75, 3.05) is 12.4 Å². The quantitative estimate of drug-likeness (QED) is 0.351. The molecule has 1 amide bonds. The topological polar surface area (TPSA) is 81.9 Å². The second kappa shape index (κ2) is 10.5. The molecule has 0 bridgehead atoms.